The smallest absolute Gasteiger partial charge is 0.262 e. The maximum absolute atomic E-state index is 12.3. The molecule has 2 aromatic rings. The predicted molar refractivity (Wildman–Crippen MR) is 85.3 cm³/mol. The second-order valence-corrected chi connectivity index (χ2v) is 7.49. The van der Waals surface area contributed by atoms with Crippen LogP contribution >= 0.6 is 27.3 Å². The van der Waals surface area contributed by atoms with Gasteiger partial charge >= 0.3 is 0 Å². The highest BCUT2D eigenvalue weighted by Crippen LogP contribution is 2.25. The summed E-state index contributed by atoms with van der Waals surface area (Å²) in [5, 5.41) is 0. The lowest BCUT2D eigenvalue weighted by Crippen LogP contribution is -2.39. The van der Waals surface area contributed by atoms with Crippen LogP contribution in [-0.2, 0) is 6.54 Å². The Morgan fingerprint density at radius 1 is 1.10 bits per heavy atom. The second kappa shape index (κ2) is 5.71. The summed E-state index contributed by atoms with van der Waals surface area (Å²) in [6.07, 6.45) is 0. The number of benzene rings is 1. The Kier molecular flexibility index (Phi) is 3.93. The molecule has 2 amide bonds. The molecule has 21 heavy (non-hydrogen) atoms. The van der Waals surface area contributed by atoms with Gasteiger partial charge in [0.05, 0.1) is 21.6 Å². The lowest BCUT2D eigenvalue weighted by Gasteiger charge is -2.22. The van der Waals surface area contributed by atoms with Crippen LogP contribution in [0.2, 0.25) is 0 Å². The fourth-order valence-electron chi connectivity index (χ4n) is 2.36. The summed E-state index contributed by atoms with van der Waals surface area (Å²) in [7, 11) is 1.90. The van der Waals surface area contributed by atoms with E-state index in [0.717, 1.165) is 3.79 Å². The largest absolute Gasteiger partial charge is 0.283 e. The third kappa shape index (κ3) is 2.79. The molecule has 1 aliphatic heterocycles. The van der Waals surface area contributed by atoms with E-state index in [9.17, 15) is 9.59 Å². The molecule has 4 nitrogen and oxygen atoms in total. The van der Waals surface area contributed by atoms with E-state index in [0.29, 0.717) is 24.3 Å². The normalized spacial score (nSPS) is 14.1. The molecule has 108 valence electrons. The molecule has 0 atom stereocenters. The molecule has 6 heteroatoms. The Morgan fingerprint density at radius 2 is 1.71 bits per heavy atom. The van der Waals surface area contributed by atoms with Crippen molar-refractivity contribution in [3.63, 3.8) is 0 Å². The molecule has 0 spiro atoms. The van der Waals surface area contributed by atoms with Crippen molar-refractivity contribution in [2.45, 2.75) is 6.54 Å². The Bertz CT molecular complexity index is 678. The Morgan fingerprint density at radius 3 is 2.24 bits per heavy atom. The van der Waals surface area contributed by atoms with Gasteiger partial charge in [-0.3, -0.25) is 19.4 Å². The van der Waals surface area contributed by atoms with Crippen LogP contribution in [0.4, 0.5) is 0 Å². The molecule has 0 aliphatic carbocycles. The molecular weight excluding hydrogens is 352 g/mol. The molecule has 3 rings (SSSR count). The number of hydrogen-bond donors (Lipinski definition) is 0. The summed E-state index contributed by atoms with van der Waals surface area (Å²) in [6.45, 7) is 0.992. The summed E-state index contributed by atoms with van der Waals surface area (Å²) in [5.74, 6) is -0.426. The standard InChI is InChI=1S/C15H13BrN2O2S/c1-17(8-10-6-7-13(16)21-10)9-18-14(19)11-4-2-3-5-12(11)15(18)20/h2-7H,8-9H2,1H3. The van der Waals surface area contributed by atoms with Crippen LogP contribution in [0.15, 0.2) is 40.2 Å². The SMILES string of the molecule is CN(Cc1ccc(Br)s1)CN1C(=O)c2ccccc2C1=O. The van der Waals surface area contributed by atoms with Crippen LogP contribution in [0.3, 0.4) is 0 Å². The van der Waals surface area contributed by atoms with Crippen LogP contribution in [0.5, 0.6) is 0 Å². The zero-order valence-corrected chi connectivity index (χ0v) is 13.8. The summed E-state index contributed by atoms with van der Waals surface area (Å²) in [5.41, 5.74) is 0.990. The van der Waals surface area contributed by atoms with Crippen molar-refractivity contribution in [2.24, 2.45) is 0 Å². The van der Waals surface area contributed by atoms with E-state index in [1.165, 1.54) is 9.78 Å². The molecule has 0 bridgehead atoms. The van der Waals surface area contributed by atoms with Crippen molar-refractivity contribution in [3.8, 4) is 0 Å². The molecule has 1 aromatic heterocycles. The van der Waals surface area contributed by atoms with E-state index in [1.807, 2.05) is 24.1 Å². The van der Waals surface area contributed by atoms with Gasteiger partial charge in [0.2, 0.25) is 0 Å². The van der Waals surface area contributed by atoms with Gasteiger partial charge in [-0.1, -0.05) is 12.1 Å². The number of nitrogens with zero attached hydrogens (tertiary/aromatic N) is 2. The maximum atomic E-state index is 12.3. The van der Waals surface area contributed by atoms with E-state index >= 15 is 0 Å². The van der Waals surface area contributed by atoms with E-state index in [1.54, 1.807) is 35.6 Å². The Hall–Kier alpha value is -1.50. The third-order valence-corrected chi connectivity index (χ3v) is 4.92. The highest BCUT2D eigenvalue weighted by molar-refractivity contribution is 9.11. The highest BCUT2D eigenvalue weighted by Gasteiger charge is 2.35. The lowest BCUT2D eigenvalue weighted by atomic mass is 10.1. The van der Waals surface area contributed by atoms with Gasteiger partial charge in [-0.15, -0.1) is 11.3 Å². The van der Waals surface area contributed by atoms with Crippen molar-refractivity contribution >= 4 is 39.1 Å². The molecular formula is C15H13BrN2O2S. The van der Waals surface area contributed by atoms with Crippen molar-refractivity contribution in [3.05, 3.63) is 56.2 Å². The molecule has 0 saturated heterocycles. The monoisotopic (exact) mass is 364 g/mol. The summed E-state index contributed by atoms with van der Waals surface area (Å²) < 4.78 is 1.08. The zero-order valence-electron chi connectivity index (χ0n) is 11.4. The third-order valence-electron chi connectivity index (χ3n) is 3.32. The van der Waals surface area contributed by atoms with E-state index in [2.05, 4.69) is 15.9 Å². The first-order valence-electron chi connectivity index (χ1n) is 6.44. The van der Waals surface area contributed by atoms with E-state index in [-0.39, 0.29) is 11.8 Å². The van der Waals surface area contributed by atoms with Gasteiger partial charge in [0.25, 0.3) is 11.8 Å². The van der Waals surface area contributed by atoms with Gasteiger partial charge in [-0.25, -0.2) is 0 Å². The molecule has 1 aromatic carbocycles. The van der Waals surface area contributed by atoms with E-state index < -0.39 is 0 Å². The topological polar surface area (TPSA) is 40.6 Å². The van der Waals surface area contributed by atoms with Crippen molar-refractivity contribution in [1.82, 2.24) is 9.80 Å². The number of amides is 2. The summed E-state index contributed by atoms with van der Waals surface area (Å²) >= 11 is 5.08. The minimum atomic E-state index is -0.213. The van der Waals surface area contributed by atoms with Crippen LogP contribution < -0.4 is 0 Å². The van der Waals surface area contributed by atoms with Gasteiger partial charge in [-0.2, -0.15) is 0 Å². The summed E-state index contributed by atoms with van der Waals surface area (Å²) in [4.78, 5) is 29.0. The lowest BCUT2D eigenvalue weighted by molar-refractivity contribution is 0.0560. The van der Waals surface area contributed by atoms with Gasteiger partial charge in [-0.05, 0) is 47.2 Å². The van der Waals surface area contributed by atoms with Crippen LogP contribution in [0.25, 0.3) is 0 Å². The minimum absolute atomic E-state index is 0.213. The number of imide groups is 1. The molecule has 0 radical (unpaired) electrons. The van der Waals surface area contributed by atoms with Crippen molar-refractivity contribution in [2.75, 3.05) is 13.7 Å². The molecule has 2 heterocycles. The molecule has 0 unspecified atom stereocenters. The quantitative estimate of drug-likeness (QED) is 0.782. The van der Waals surface area contributed by atoms with Gasteiger partial charge in [0, 0.05) is 11.4 Å². The number of carbonyl (C=O) groups excluding carboxylic acids is 2. The van der Waals surface area contributed by atoms with Crippen molar-refractivity contribution in [1.29, 1.82) is 0 Å². The average molecular weight is 365 g/mol. The first-order chi connectivity index (χ1) is 10.1. The predicted octanol–water partition coefficient (Wildman–Crippen LogP) is 3.20. The number of carbonyl (C=O) groups is 2. The second-order valence-electron chi connectivity index (χ2n) is 4.95. The maximum Gasteiger partial charge on any atom is 0.262 e. The Balaban J connectivity index is 1.71. The first-order valence-corrected chi connectivity index (χ1v) is 8.05. The zero-order chi connectivity index (χ0) is 15.0. The number of fused-ring (bicyclic) bond motifs is 1. The minimum Gasteiger partial charge on any atom is -0.283 e. The van der Waals surface area contributed by atoms with Crippen molar-refractivity contribution < 1.29 is 9.59 Å². The number of halogens is 1. The van der Waals surface area contributed by atoms with Crippen LogP contribution in [0, 0.1) is 0 Å². The fourth-order valence-corrected chi connectivity index (χ4v) is 3.93. The summed E-state index contributed by atoms with van der Waals surface area (Å²) in [6, 6.07) is 11.0. The van der Waals surface area contributed by atoms with Crippen LogP contribution in [0.1, 0.15) is 25.6 Å². The molecule has 0 fully saturated rings. The van der Waals surface area contributed by atoms with Gasteiger partial charge in [0.1, 0.15) is 0 Å². The first kappa shape index (κ1) is 14.4. The van der Waals surface area contributed by atoms with Gasteiger partial charge in [0.15, 0.2) is 0 Å². The Labute approximate surface area is 135 Å². The van der Waals surface area contributed by atoms with Crippen LogP contribution in [-0.4, -0.2) is 35.3 Å². The number of rotatable bonds is 4. The fraction of sp³-hybridized carbons (Fsp3) is 0.200. The highest BCUT2D eigenvalue weighted by atomic mass is 79.9. The van der Waals surface area contributed by atoms with Gasteiger partial charge < -0.3 is 0 Å². The number of thiophene rings is 1. The van der Waals surface area contributed by atoms with E-state index in [4.69, 9.17) is 0 Å². The number of hydrogen-bond acceptors (Lipinski definition) is 4. The molecule has 1 aliphatic rings. The average Bonchev–Trinajstić information content (AvgIpc) is 2.97. The molecule has 0 N–H and O–H groups in total. The molecule has 0 saturated carbocycles.